The van der Waals surface area contributed by atoms with E-state index in [4.69, 9.17) is 0 Å². The number of aryl methyl sites for hydroxylation is 1. The zero-order valence-electron chi connectivity index (χ0n) is 9.48. The van der Waals surface area contributed by atoms with Gasteiger partial charge in [0.25, 0.3) is 11.5 Å². The van der Waals surface area contributed by atoms with Gasteiger partial charge in [-0.05, 0) is 19.9 Å². The van der Waals surface area contributed by atoms with Crippen LogP contribution in [0.1, 0.15) is 24.2 Å². The average molecular weight is 222 g/mol. The van der Waals surface area contributed by atoms with Gasteiger partial charge in [0.15, 0.2) is 5.78 Å². The number of hydrogen-bond donors (Lipinski definition) is 1. The molecule has 1 aromatic heterocycles. The maximum absolute atomic E-state index is 11.6. The summed E-state index contributed by atoms with van der Waals surface area (Å²) in [7, 11) is 1.60. The van der Waals surface area contributed by atoms with Gasteiger partial charge in [0.05, 0.1) is 6.04 Å². The van der Waals surface area contributed by atoms with Gasteiger partial charge in [-0.3, -0.25) is 14.4 Å². The normalized spacial score (nSPS) is 11.9. The third-order valence-corrected chi connectivity index (χ3v) is 2.32. The van der Waals surface area contributed by atoms with Crippen LogP contribution in [0.4, 0.5) is 0 Å². The number of nitrogens with one attached hydrogen (secondary N) is 1. The molecular formula is C11H14N2O3. The van der Waals surface area contributed by atoms with Crippen LogP contribution in [0.2, 0.25) is 0 Å². The zero-order valence-corrected chi connectivity index (χ0v) is 9.48. The van der Waals surface area contributed by atoms with Gasteiger partial charge in [-0.15, -0.1) is 0 Å². The number of pyridine rings is 1. The van der Waals surface area contributed by atoms with Crippen LogP contribution in [0, 0.1) is 0 Å². The predicted octanol–water partition coefficient (Wildman–Crippen LogP) is 0.0926. The third-order valence-electron chi connectivity index (χ3n) is 2.32. The van der Waals surface area contributed by atoms with Crippen molar-refractivity contribution >= 4 is 11.7 Å². The molecule has 86 valence electrons. The molecule has 0 spiro atoms. The Kier molecular flexibility index (Phi) is 3.60. The van der Waals surface area contributed by atoms with Crippen LogP contribution in [0.5, 0.6) is 0 Å². The summed E-state index contributed by atoms with van der Waals surface area (Å²) in [6.45, 7) is 3.00. The monoisotopic (exact) mass is 222 g/mol. The number of Topliss-reactive ketones (excluding diaryl/α,β-unsaturated/α-hetero) is 1. The number of amides is 1. The van der Waals surface area contributed by atoms with Crippen LogP contribution >= 0.6 is 0 Å². The van der Waals surface area contributed by atoms with E-state index in [-0.39, 0.29) is 16.9 Å². The molecule has 0 radical (unpaired) electrons. The number of ketones is 1. The highest BCUT2D eigenvalue weighted by Crippen LogP contribution is 1.95. The predicted molar refractivity (Wildman–Crippen MR) is 59.3 cm³/mol. The number of carbonyl (C=O) groups excluding carboxylic acids is 2. The SMILES string of the molecule is CC(=O)C(C)NC(=O)c1ccn(C)c(=O)c1. The van der Waals surface area contributed by atoms with Gasteiger partial charge in [-0.1, -0.05) is 0 Å². The van der Waals surface area contributed by atoms with Crippen LogP contribution in [-0.4, -0.2) is 22.3 Å². The van der Waals surface area contributed by atoms with Crippen molar-refractivity contribution in [2.24, 2.45) is 7.05 Å². The van der Waals surface area contributed by atoms with Gasteiger partial charge in [-0.2, -0.15) is 0 Å². The van der Waals surface area contributed by atoms with E-state index in [1.54, 1.807) is 14.0 Å². The lowest BCUT2D eigenvalue weighted by Crippen LogP contribution is -2.37. The van der Waals surface area contributed by atoms with Gasteiger partial charge < -0.3 is 9.88 Å². The van der Waals surface area contributed by atoms with Gasteiger partial charge in [0, 0.05) is 24.9 Å². The summed E-state index contributed by atoms with van der Waals surface area (Å²) in [5, 5.41) is 2.51. The van der Waals surface area contributed by atoms with E-state index in [9.17, 15) is 14.4 Å². The Morgan fingerprint density at radius 3 is 2.56 bits per heavy atom. The molecule has 0 aliphatic rings. The van der Waals surface area contributed by atoms with Crippen molar-refractivity contribution < 1.29 is 9.59 Å². The molecule has 0 fully saturated rings. The molecule has 1 rings (SSSR count). The highest BCUT2D eigenvalue weighted by molar-refractivity contribution is 5.97. The largest absolute Gasteiger partial charge is 0.343 e. The summed E-state index contributed by atoms with van der Waals surface area (Å²) in [4.78, 5) is 33.8. The topological polar surface area (TPSA) is 68.2 Å². The number of rotatable bonds is 3. The Balaban J connectivity index is 2.85. The van der Waals surface area contributed by atoms with E-state index in [2.05, 4.69) is 5.32 Å². The molecule has 1 amide bonds. The van der Waals surface area contributed by atoms with E-state index in [1.807, 2.05) is 0 Å². The smallest absolute Gasteiger partial charge is 0.252 e. The molecule has 1 atom stereocenters. The first-order valence-electron chi connectivity index (χ1n) is 4.90. The number of carbonyl (C=O) groups is 2. The summed E-state index contributed by atoms with van der Waals surface area (Å²) in [5.74, 6) is -0.544. The molecule has 5 heteroatoms. The lowest BCUT2D eigenvalue weighted by Gasteiger charge is -2.10. The minimum absolute atomic E-state index is 0.128. The number of hydrogen-bond acceptors (Lipinski definition) is 3. The lowest BCUT2D eigenvalue weighted by atomic mass is 10.2. The quantitative estimate of drug-likeness (QED) is 0.788. The van der Waals surface area contributed by atoms with Crippen molar-refractivity contribution in [2.45, 2.75) is 19.9 Å². The summed E-state index contributed by atoms with van der Waals surface area (Å²) in [6, 6.07) is 2.22. The Morgan fingerprint density at radius 1 is 1.44 bits per heavy atom. The van der Waals surface area contributed by atoms with Gasteiger partial charge >= 0.3 is 0 Å². The molecule has 5 nitrogen and oxygen atoms in total. The number of aromatic nitrogens is 1. The molecule has 0 aromatic carbocycles. The maximum atomic E-state index is 11.6. The molecule has 1 unspecified atom stereocenters. The lowest BCUT2D eigenvalue weighted by molar-refractivity contribution is -0.118. The summed E-state index contributed by atoms with van der Waals surface area (Å²) < 4.78 is 1.37. The van der Waals surface area contributed by atoms with E-state index >= 15 is 0 Å². The Morgan fingerprint density at radius 2 is 2.06 bits per heavy atom. The second kappa shape index (κ2) is 4.74. The van der Waals surface area contributed by atoms with E-state index in [0.717, 1.165) is 0 Å². The van der Waals surface area contributed by atoms with E-state index in [0.29, 0.717) is 0 Å². The van der Waals surface area contributed by atoms with Crippen molar-refractivity contribution in [3.8, 4) is 0 Å². The van der Waals surface area contributed by atoms with Crippen molar-refractivity contribution in [2.75, 3.05) is 0 Å². The van der Waals surface area contributed by atoms with Gasteiger partial charge in [0.2, 0.25) is 0 Å². The molecule has 0 bridgehead atoms. The number of nitrogens with zero attached hydrogens (tertiary/aromatic N) is 1. The summed E-state index contributed by atoms with van der Waals surface area (Å²) >= 11 is 0. The molecule has 1 aromatic rings. The van der Waals surface area contributed by atoms with Gasteiger partial charge in [-0.25, -0.2) is 0 Å². The van der Waals surface area contributed by atoms with Crippen LogP contribution in [0.3, 0.4) is 0 Å². The van der Waals surface area contributed by atoms with E-state index in [1.165, 1.54) is 29.8 Å². The van der Waals surface area contributed by atoms with Crippen molar-refractivity contribution in [3.05, 3.63) is 34.2 Å². The standard InChI is InChI=1S/C11H14N2O3/c1-7(8(2)14)12-11(16)9-4-5-13(3)10(15)6-9/h4-7H,1-3H3,(H,12,16). The van der Waals surface area contributed by atoms with Crippen LogP contribution in [0.15, 0.2) is 23.1 Å². The fraction of sp³-hybridized carbons (Fsp3) is 0.364. The third kappa shape index (κ3) is 2.79. The Labute approximate surface area is 93.1 Å². The molecular weight excluding hydrogens is 208 g/mol. The van der Waals surface area contributed by atoms with Crippen LogP contribution < -0.4 is 10.9 Å². The van der Waals surface area contributed by atoms with Crippen molar-refractivity contribution in [1.82, 2.24) is 9.88 Å². The molecule has 1 heterocycles. The first-order chi connectivity index (χ1) is 7.41. The Hall–Kier alpha value is -1.91. The van der Waals surface area contributed by atoms with Crippen LogP contribution in [-0.2, 0) is 11.8 Å². The molecule has 0 saturated carbocycles. The summed E-state index contributed by atoms with van der Waals surface area (Å²) in [5.41, 5.74) is -0.000622. The first-order valence-corrected chi connectivity index (χ1v) is 4.90. The van der Waals surface area contributed by atoms with Crippen molar-refractivity contribution in [3.63, 3.8) is 0 Å². The first kappa shape index (κ1) is 12.2. The highest BCUT2D eigenvalue weighted by atomic mass is 16.2. The van der Waals surface area contributed by atoms with E-state index < -0.39 is 11.9 Å². The fourth-order valence-electron chi connectivity index (χ4n) is 1.07. The highest BCUT2D eigenvalue weighted by Gasteiger charge is 2.13. The Bertz CT molecular complexity index is 476. The molecule has 1 N–H and O–H groups in total. The fourth-order valence-corrected chi connectivity index (χ4v) is 1.07. The average Bonchev–Trinajstić information content (AvgIpc) is 2.21. The molecule has 0 saturated heterocycles. The van der Waals surface area contributed by atoms with Gasteiger partial charge in [0.1, 0.15) is 0 Å². The second-order valence-electron chi connectivity index (χ2n) is 3.67. The van der Waals surface area contributed by atoms with Crippen LogP contribution in [0.25, 0.3) is 0 Å². The second-order valence-corrected chi connectivity index (χ2v) is 3.67. The molecule has 16 heavy (non-hydrogen) atoms. The zero-order chi connectivity index (χ0) is 12.3. The van der Waals surface area contributed by atoms with Crippen molar-refractivity contribution in [1.29, 1.82) is 0 Å². The maximum Gasteiger partial charge on any atom is 0.252 e. The molecule has 0 aliphatic heterocycles. The minimum atomic E-state index is -0.545. The molecule has 0 aliphatic carbocycles. The summed E-state index contributed by atoms with van der Waals surface area (Å²) in [6.07, 6.45) is 1.51. The minimum Gasteiger partial charge on any atom is -0.343 e.